The van der Waals surface area contributed by atoms with E-state index in [4.69, 9.17) is 9.57 Å². The molecule has 2 aromatic heterocycles. The van der Waals surface area contributed by atoms with Crippen LogP contribution in [-0.2, 0) is 9.57 Å². The van der Waals surface area contributed by atoms with Crippen LogP contribution >= 0.6 is 11.3 Å². The number of nitrogens with one attached hydrogen (secondary N) is 3. The summed E-state index contributed by atoms with van der Waals surface area (Å²) in [6.45, 7) is 0.626. The molecule has 2 amide bonds. The van der Waals surface area contributed by atoms with Gasteiger partial charge in [-0.25, -0.2) is 15.3 Å². The molecule has 1 unspecified atom stereocenters. The minimum absolute atomic E-state index is 0.288. The third-order valence-corrected chi connectivity index (χ3v) is 6.42. The first-order valence-corrected chi connectivity index (χ1v) is 12.7. The molecule has 0 saturated carbocycles. The van der Waals surface area contributed by atoms with Crippen molar-refractivity contribution >= 4 is 39.7 Å². The van der Waals surface area contributed by atoms with E-state index in [1.165, 1.54) is 11.3 Å². The first-order chi connectivity index (χ1) is 18.1. The van der Waals surface area contributed by atoms with E-state index in [0.717, 1.165) is 41.3 Å². The van der Waals surface area contributed by atoms with Gasteiger partial charge in [-0.2, -0.15) is 0 Å². The van der Waals surface area contributed by atoms with Crippen LogP contribution in [0.3, 0.4) is 0 Å². The normalized spacial score (nSPS) is 15.1. The molecule has 1 saturated heterocycles. The third kappa shape index (κ3) is 6.56. The molecular weight excluding hydrogens is 490 g/mol. The average molecular weight is 516 g/mol. The highest BCUT2D eigenvalue weighted by molar-refractivity contribution is 7.14. The van der Waals surface area contributed by atoms with Crippen molar-refractivity contribution in [3.63, 3.8) is 0 Å². The second-order valence-electron chi connectivity index (χ2n) is 8.36. The Hall–Kier alpha value is -4.12. The van der Waals surface area contributed by atoms with Gasteiger partial charge in [0.25, 0.3) is 11.8 Å². The Kier molecular flexibility index (Phi) is 7.80. The van der Waals surface area contributed by atoms with Gasteiger partial charge in [-0.05, 0) is 67.4 Å². The molecule has 0 spiro atoms. The van der Waals surface area contributed by atoms with E-state index < -0.39 is 12.2 Å². The van der Waals surface area contributed by atoms with E-state index in [0.29, 0.717) is 23.4 Å². The molecule has 4 aromatic rings. The van der Waals surface area contributed by atoms with Crippen LogP contribution in [0.5, 0.6) is 0 Å². The Labute approximate surface area is 217 Å². The van der Waals surface area contributed by atoms with Crippen LogP contribution in [0.4, 0.5) is 16.5 Å². The van der Waals surface area contributed by atoms with Crippen molar-refractivity contribution in [2.75, 3.05) is 17.2 Å². The van der Waals surface area contributed by atoms with Crippen LogP contribution in [0, 0.1) is 0 Å². The van der Waals surface area contributed by atoms with Crippen molar-refractivity contribution in [3.8, 4) is 11.3 Å². The maximum absolute atomic E-state index is 12.8. The van der Waals surface area contributed by atoms with Gasteiger partial charge in [0.1, 0.15) is 0 Å². The van der Waals surface area contributed by atoms with Crippen LogP contribution < -0.4 is 16.1 Å². The summed E-state index contributed by atoms with van der Waals surface area (Å²) in [4.78, 5) is 39.1. The van der Waals surface area contributed by atoms with Crippen LogP contribution in [-0.4, -0.2) is 34.7 Å². The second kappa shape index (κ2) is 11.7. The minimum atomic E-state index is -0.424. The predicted octanol–water partition coefficient (Wildman–Crippen LogP) is 5.39. The van der Waals surface area contributed by atoms with Crippen LogP contribution in [0.2, 0.25) is 0 Å². The summed E-state index contributed by atoms with van der Waals surface area (Å²) in [5.74, 6) is -0.683. The number of amides is 2. The zero-order valence-corrected chi connectivity index (χ0v) is 20.7. The summed E-state index contributed by atoms with van der Waals surface area (Å²) in [5, 5.41) is 8.85. The SMILES string of the molecule is O=C(NOC1CCCCO1)c1ccc(C(=O)Nc2cccc(Nc3nc(-c4cccnc4)cs3)c2)cc1. The van der Waals surface area contributed by atoms with Gasteiger partial charge in [0, 0.05) is 58.9 Å². The monoisotopic (exact) mass is 515 g/mol. The molecular formula is C27H25N5O4S. The summed E-state index contributed by atoms with van der Waals surface area (Å²) in [7, 11) is 0. The summed E-state index contributed by atoms with van der Waals surface area (Å²) in [6.07, 6.45) is 5.81. The minimum Gasteiger partial charge on any atom is -0.350 e. The Morgan fingerprint density at radius 2 is 1.78 bits per heavy atom. The quantitative estimate of drug-likeness (QED) is 0.270. The van der Waals surface area contributed by atoms with Gasteiger partial charge in [0.05, 0.1) is 5.69 Å². The van der Waals surface area contributed by atoms with E-state index >= 15 is 0 Å². The van der Waals surface area contributed by atoms with Gasteiger partial charge < -0.3 is 15.4 Å². The maximum atomic E-state index is 12.8. The number of ether oxygens (including phenoxy) is 1. The molecule has 1 aliphatic rings. The van der Waals surface area contributed by atoms with E-state index in [9.17, 15) is 9.59 Å². The van der Waals surface area contributed by atoms with Gasteiger partial charge >= 0.3 is 0 Å². The molecule has 3 N–H and O–H groups in total. The number of carbonyl (C=O) groups excluding carboxylic acids is 2. The maximum Gasteiger partial charge on any atom is 0.274 e. The molecule has 1 atom stereocenters. The third-order valence-electron chi connectivity index (χ3n) is 5.66. The van der Waals surface area contributed by atoms with Crippen LogP contribution in [0.15, 0.2) is 78.4 Å². The summed E-state index contributed by atoms with van der Waals surface area (Å²) < 4.78 is 5.43. The highest BCUT2D eigenvalue weighted by Gasteiger charge is 2.17. The van der Waals surface area contributed by atoms with Crippen LogP contribution in [0.1, 0.15) is 40.0 Å². The standard InChI is InChI=1S/C27H25N5O4S/c33-25(18-9-11-19(12-10-18)26(34)32-36-24-8-1-2-14-35-24)29-21-6-3-7-22(15-21)30-27-31-23(17-37-27)20-5-4-13-28-16-20/h3-7,9-13,15-17,24H,1-2,8,14H2,(H,29,33)(H,30,31)(H,32,34). The van der Waals surface area contributed by atoms with Crippen molar-refractivity contribution in [2.45, 2.75) is 25.6 Å². The molecule has 0 radical (unpaired) electrons. The Bertz CT molecular complexity index is 1350. The molecule has 5 rings (SSSR count). The van der Waals surface area contributed by atoms with Crippen molar-refractivity contribution in [3.05, 3.63) is 89.6 Å². The van der Waals surface area contributed by atoms with Crippen molar-refractivity contribution in [2.24, 2.45) is 0 Å². The number of aromatic nitrogens is 2. The smallest absolute Gasteiger partial charge is 0.274 e. The average Bonchev–Trinajstić information content (AvgIpc) is 3.41. The number of carbonyl (C=O) groups is 2. The number of hydrogen-bond donors (Lipinski definition) is 3. The lowest BCUT2D eigenvalue weighted by Crippen LogP contribution is -2.33. The van der Waals surface area contributed by atoms with Gasteiger partial charge in [-0.3, -0.25) is 14.6 Å². The van der Waals surface area contributed by atoms with E-state index in [1.54, 1.807) is 42.7 Å². The highest BCUT2D eigenvalue weighted by Crippen LogP contribution is 2.27. The number of nitrogens with zero attached hydrogens (tertiary/aromatic N) is 2. The molecule has 188 valence electrons. The number of pyridine rings is 1. The fourth-order valence-electron chi connectivity index (χ4n) is 3.73. The van der Waals surface area contributed by atoms with E-state index in [1.807, 2.05) is 35.7 Å². The topological polar surface area (TPSA) is 114 Å². The fourth-order valence-corrected chi connectivity index (χ4v) is 4.47. The molecule has 37 heavy (non-hydrogen) atoms. The first kappa shape index (κ1) is 24.6. The van der Waals surface area contributed by atoms with Gasteiger partial charge in [-0.15, -0.1) is 11.3 Å². The molecule has 0 bridgehead atoms. The molecule has 10 heteroatoms. The van der Waals surface area contributed by atoms with E-state index in [-0.39, 0.29) is 5.91 Å². The number of hydroxylamine groups is 1. The van der Waals surface area contributed by atoms with Crippen molar-refractivity contribution in [1.82, 2.24) is 15.4 Å². The number of hydrogen-bond acceptors (Lipinski definition) is 8. The number of thiazole rings is 1. The number of anilines is 3. The fraction of sp³-hybridized carbons (Fsp3) is 0.185. The first-order valence-electron chi connectivity index (χ1n) is 11.9. The zero-order chi connectivity index (χ0) is 25.5. The lowest BCUT2D eigenvalue weighted by Gasteiger charge is -2.22. The van der Waals surface area contributed by atoms with Crippen LogP contribution in [0.25, 0.3) is 11.3 Å². The zero-order valence-electron chi connectivity index (χ0n) is 19.8. The second-order valence-corrected chi connectivity index (χ2v) is 9.22. The summed E-state index contributed by atoms with van der Waals surface area (Å²) in [5.41, 5.74) is 6.43. The van der Waals surface area contributed by atoms with Gasteiger partial charge in [0.15, 0.2) is 11.4 Å². The summed E-state index contributed by atoms with van der Waals surface area (Å²) in [6, 6.07) is 17.6. The number of benzene rings is 2. The molecule has 2 aromatic carbocycles. The number of rotatable bonds is 8. The lowest BCUT2D eigenvalue weighted by atomic mass is 10.1. The van der Waals surface area contributed by atoms with E-state index in [2.05, 4.69) is 26.1 Å². The Morgan fingerprint density at radius 3 is 2.54 bits per heavy atom. The molecule has 9 nitrogen and oxygen atoms in total. The van der Waals surface area contributed by atoms with Gasteiger partial charge in [-0.1, -0.05) is 6.07 Å². The summed E-state index contributed by atoms with van der Waals surface area (Å²) >= 11 is 1.48. The Balaban J connectivity index is 1.16. The van der Waals surface area contributed by atoms with Crippen molar-refractivity contribution in [1.29, 1.82) is 0 Å². The van der Waals surface area contributed by atoms with Crippen molar-refractivity contribution < 1.29 is 19.2 Å². The molecule has 1 aliphatic heterocycles. The van der Waals surface area contributed by atoms with Gasteiger partial charge in [0.2, 0.25) is 0 Å². The largest absolute Gasteiger partial charge is 0.350 e. The molecule has 3 heterocycles. The highest BCUT2D eigenvalue weighted by atomic mass is 32.1. The molecule has 0 aliphatic carbocycles. The molecule has 1 fully saturated rings. The lowest BCUT2D eigenvalue weighted by molar-refractivity contribution is -0.186. The Morgan fingerprint density at radius 1 is 0.973 bits per heavy atom. The predicted molar refractivity (Wildman–Crippen MR) is 142 cm³/mol.